The maximum absolute atomic E-state index is 13.8. The molecule has 6 rings (SSSR count). The monoisotopic (exact) mass is 669 g/mol. The van der Waals surface area contributed by atoms with Gasteiger partial charge in [-0.3, -0.25) is 4.79 Å². The summed E-state index contributed by atoms with van der Waals surface area (Å²) in [5, 5.41) is 3.33. The van der Waals surface area contributed by atoms with E-state index in [1.807, 2.05) is 48.5 Å². The van der Waals surface area contributed by atoms with Crippen LogP contribution >= 0.6 is 0 Å². The number of para-hydroxylation sites is 1. The SMILES string of the molecule is COc1ccc(/C=C2\C[C@@H](C)Cc3c2nc2ccccc2c3C(=O)OCC(=O)Nc2cc(S(=O)(=O)N3CCCCC3)ccc2OC)cc1. The summed E-state index contributed by atoms with van der Waals surface area (Å²) in [6.07, 6.45) is 6.10. The third-order valence-electron chi connectivity index (χ3n) is 8.81. The number of amides is 1. The van der Waals surface area contributed by atoms with Crippen molar-refractivity contribution in [3.05, 3.63) is 89.1 Å². The number of esters is 1. The minimum Gasteiger partial charge on any atom is -0.497 e. The molecule has 3 aromatic carbocycles. The summed E-state index contributed by atoms with van der Waals surface area (Å²) in [5.41, 5.74) is 4.75. The van der Waals surface area contributed by atoms with Crippen molar-refractivity contribution in [2.45, 2.75) is 43.9 Å². The van der Waals surface area contributed by atoms with E-state index in [1.54, 1.807) is 7.11 Å². The van der Waals surface area contributed by atoms with E-state index in [9.17, 15) is 18.0 Å². The van der Waals surface area contributed by atoms with Crippen LogP contribution in [0.1, 0.15) is 59.8 Å². The van der Waals surface area contributed by atoms with Crippen LogP contribution in [0.2, 0.25) is 0 Å². The van der Waals surface area contributed by atoms with Crippen LogP contribution in [0, 0.1) is 5.92 Å². The average Bonchev–Trinajstić information content (AvgIpc) is 3.10. The van der Waals surface area contributed by atoms with Crippen LogP contribution in [0.4, 0.5) is 5.69 Å². The first-order chi connectivity index (χ1) is 23.2. The summed E-state index contributed by atoms with van der Waals surface area (Å²) in [4.78, 5) is 32.0. The smallest absolute Gasteiger partial charge is 0.339 e. The lowest BCUT2D eigenvalue weighted by molar-refractivity contribution is -0.119. The Bertz CT molecular complexity index is 1980. The molecule has 11 heteroatoms. The molecule has 0 radical (unpaired) electrons. The predicted molar refractivity (Wildman–Crippen MR) is 185 cm³/mol. The number of benzene rings is 3. The first-order valence-corrected chi connectivity index (χ1v) is 17.5. The number of aromatic nitrogens is 1. The summed E-state index contributed by atoms with van der Waals surface area (Å²) in [5.74, 6) is 0.0231. The highest BCUT2D eigenvalue weighted by Crippen LogP contribution is 2.39. The molecule has 0 saturated carbocycles. The van der Waals surface area contributed by atoms with E-state index in [1.165, 1.54) is 29.6 Å². The fourth-order valence-corrected chi connectivity index (χ4v) is 8.00. The van der Waals surface area contributed by atoms with Gasteiger partial charge in [-0.1, -0.05) is 43.7 Å². The van der Waals surface area contributed by atoms with Crippen LogP contribution in [0.3, 0.4) is 0 Å². The highest BCUT2D eigenvalue weighted by atomic mass is 32.2. The second-order valence-electron chi connectivity index (χ2n) is 12.2. The van der Waals surface area contributed by atoms with Gasteiger partial charge in [-0.25, -0.2) is 18.2 Å². The van der Waals surface area contributed by atoms with E-state index in [2.05, 4.69) is 18.3 Å². The number of hydrogen-bond donors (Lipinski definition) is 1. The molecule has 2 heterocycles. The van der Waals surface area contributed by atoms with Crippen LogP contribution in [-0.2, 0) is 26.0 Å². The molecule has 1 amide bonds. The van der Waals surface area contributed by atoms with Crippen molar-refractivity contribution in [1.29, 1.82) is 0 Å². The first kappa shape index (κ1) is 33.2. The third kappa shape index (κ3) is 6.93. The summed E-state index contributed by atoms with van der Waals surface area (Å²) in [6, 6.07) is 19.5. The Morgan fingerprint density at radius 3 is 2.44 bits per heavy atom. The van der Waals surface area contributed by atoms with Crippen molar-refractivity contribution >= 4 is 50.1 Å². The second-order valence-corrected chi connectivity index (χ2v) is 14.2. The number of ether oxygens (including phenoxy) is 3. The molecule has 1 fully saturated rings. The number of carbonyl (C=O) groups is 2. The number of nitrogens with zero attached hydrogens (tertiary/aromatic N) is 2. The Morgan fingerprint density at radius 2 is 1.71 bits per heavy atom. The van der Waals surface area contributed by atoms with E-state index >= 15 is 0 Å². The summed E-state index contributed by atoms with van der Waals surface area (Å²) in [6.45, 7) is 2.46. The number of carbonyl (C=O) groups excluding carboxylic acids is 2. The number of pyridine rings is 1. The molecule has 1 atom stereocenters. The van der Waals surface area contributed by atoms with Crippen LogP contribution in [0.5, 0.6) is 11.5 Å². The minimum atomic E-state index is -3.74. The molecule has 1 aromatic heterocycles. The van der Waals surface area contributed by atoms with Crippen molar-refractivity contribution in [3.8, 4) is 11.5 Å². The number of piperidine rings is 1. The standard InChI is InChI=1S/C37H39N3O7S/c1-24-19-26(21-25-11-13-27(45-2)14-12-25)36-30(20-24)35(29-9-5-6-10-31(29)39-36)37(42)47-23-34(41)38-32-22-28(15-16-33(32)46-3)48(43,44)40-17-7-4-8-18-40/h5-6,9-16,21-22,24H,4,7-8,17-20,23H2,1-3H3,(H,38,41)/b26-21+/t24-/m1/s1. The average molecular weight is 670 g/mol. The summed E-state index contributed by atoms with van der Waals surface area (Å²) in [7, 11) is -0.685. The van der Waals surface area contributed by atoms with Crippen LogP contribution < -0.4 is 14.8 Å². The molecule has 2 aliphatic rings. The van der Waals surface area contributed by atoms with Gasteiger partial charge >= 0.3 is 5.97 Å². The third-order valence-corrected chi connectivity index (χ3v) is 10.7. The zero-order valence-electron chi connectivity index (χ0n) is 27.3. The Hall–Kier alpha value is -4.74. The van der Waals surface area contributed by atoms with Crippen LogP contribution in [-0.4, -0.2) is 63.5 Å². The number of allylic oxidation sites excluding steroid dienone is 1. The van der Waals surface area contributed by atoms with Gasteiger partial charge in [0.25, 0.3) is 5.91 Å². The number of sulfonamides is 1. The van der Waals surface area contributed by atoms with Gasteiger partial charge in [0.05, 0.1) is 41.6 Å². The molecule has 48 heavy (non-hydrogen) atoms. The van der Waals surface area contributed by atoms with E-state index < -0.39 is 28.5 Å². The largest absolute Gasteiger partial charge is 0.497 e. The first-order valence-electron chi connectivity index (χ1n) is 16.1. The fourth-order valence-electron chi connectivity index (χ4n) is 6.46. The number of fused-ring (bicyclic) bond motifs is 2. The molecule has 1 aliphatic heterocycles. The van der Waals surface area contributed by atoms with Gasteiger partial charge in [0.2, 0.25) is 10.0 Å². The van der Waals surface area contributed by atoms with Crippen molar-refractivity contribution in [3.63, 3.8) is 0 Å². The van der Waals surface area contributed by atoms with Crippen molar-refractivity contribution in [2.75, 3.05) is 39.2 Å². The lowest BCUT2D eigenvalue weighted by Crippen LogP contribution is -2.35. The van der Waals surface area contributed by atoms with Crippen LogP contribution in [0.15, 0.2) is 71.6 Å². The minimum absolute atomic E-state index is 0.0556. The zero-order chi connectivity index (χ0) is 33.8. The highest BCUT2D eigenvalue weighted by molar-refractivity contribution is 7.89. The predicted octanol–water partition coefficient (Wildman–Crippen LogP) is 6.35. The number of hydrogen-bond acceptors (Lipinski definition) is 8. The van der Waals surface area contributed by atoms with Gasteiger partial charge in [-0.15, -0.1) is 0 Å². The quantitative estimate of drug-likeness (QED) is 0.205. The summed E-state index contributed by atoms with van der Waals surface area (Å²) < 4.78 is 44.4. The highest BCUT2D eigenvalue weighted by Gasteiger charge is 2.30. The Kier molecular flexibility index (Phi) is 9.79. The maximum Gasteiger partial charge on any atom is 0.339 e. The Balaban J connectivity index is 1.26. The molecule has 1 aliphatic carbocycles. The van der Waals surface area contributed by atoms with Gasteiger partial charge in [-0.2, -0.15) is 4.31 Å². The molecular weight excluding hydrogens is 630 g/mol. The number of anilines is 1. The molecule has 4 aromatic rings. The molecule has 0 unspecified atom stereocenters. The molecule has 250 valence electrons. The van der Waals surface area contributed by atoms with Gasteiger partial charge in [0.1, 0.15) is 11.5 Å². The zero-order valence-corrected chi connectivity index (χ0v) is 28.1. The van der Waals surface area contributed by atoms with Crippen molar-refractivity contribution in [2.24, 2.45) is 5.92 Å². The lowest BCUT2D eigenvalue weighted by Gasteiger charge is -2.26. The molecular formula is C37H39N3O7S. The molecule has 0 bridgehead atoms. The van der Waals surface area contributed by atoms with Crippen molar-refractivity contribution < 1.29 is 32.2 Å². The number of rotatable bonds is 9. The Labute approximate surface area is 280 Å². The second kappa shape index (κ2) is 14.2. The molecule has 1 N–H and O–H groups in total. The van der Waals surface area contributed by atoms with Gasteiger partial charge < -0.3 is 19.5 Å². The topological polar surface area (TPSA) is 124 Å². The maximum atomic E-state index is 13.8. The molecule has 10 nitrogen and oxygen atoms in total. The van der Waals surface area contributed by atoms with E-state index in [4.69, 9.17) is 19.2 Å². The van der Waals surface area contributed by atoms with Crippen molar-refractivity contribution in [1.82, 2.24) is 9.29 Å². The van der Waals surface area contributed by atoms with Gasteiger partial charge in [-0.05, 0) is 90.8 Å². The number of nitrogens with one attached hydrogen (secondary N) is 1. The normalized spacial score (nSPS) is 17.5. The van der Waals surface area contributed by atoms with Gasteiger partial charge in [0, 0.05) is 18.5 Å². The number of methoxy groups -OCH3 is 2. The van der Waals surface area contributed by atoms with Gasteiger partial charge in [0.15, 0.2) is 6.61 Å². The lowest BCUT2D eigenvalue weighted by atomic mass is 9.80. The fraction of sp³-hybridized carbons (Fsp3) is 0.324. The van der Waals surface area contributed by atoms with E-state index in [0.717, 1.165) is 53.8 Å². The summed E-state index contributed by atoms with van der Waals surface area (Å²) >= 11 is 0. The molecule has 0 spiro atoms. The van der Waals surface area contributed by atoms with E-state index in [0.29, 0.717) is 36.0 Å². The van der Waals surface area contributed by atoms with E-state index in [-0.39, 0.29) is 22.3 Å². The Morgan fingerprint density at radius 1 is 0.958 bits per heavy atom. The van der Waals surface area contributed by atoms with Crippen LogP contribution in [0.25, 0.3) is 22.6 Å². The molecule has 1 saturated heterocycles.